The molecule has 0 amide bonds. The number of nitrogens with zero attached hydrogens (tertiary/aromatic N) is 3. The Morgan fingerprint density at radius 1 is 1.07 bits per heavy atom. The van der Waals surface area contributed by atoms with Gasteiger partial charge in [0.25, 0.3) is 0 Å². The predicted octanol–water partition coefficient (Wildman–Crippen LogP) is 4.82. The lowest BCUT2D eigenvalue weighted by Gasteiger charge is -2.22. The third-order valence-electron chi connectivity index (χ3n) is 6.03. The quantitative estimate of drug-likeness (QED) is 0.511. The van der Waals surface area contributed by atoms with E-state index in [4.69, 9.17) is 10.7 Å². The maximum Gasteiger partial charge on any atom is 0.142 e. The second-order valence-electron chi connectivity index (χ2n) is 8.15. The molecule has 0 atom stereocenters. The number of hydrogen-bond acceptors (Lipinski definition) is 4. The van der Waals surface area contributed by atoms with E-state index in [0.717, 1.165) is 52.1 Å². The van der Waals surface area contributed by atoms with E-state index in [0.29, 0.717) is 5.56 Å². The van der Waals surface area contributed by atoms with E-state index in [1.807, 2.05) is 14.1 Å². The number of benzene rings is 2. The number of nitrogens with two attached hydrogens (primary N) is 1. The third kappa shape index (κ3) is 2.65. The lowest BCUT2D eigenvalue weighted by Crippen LogP contribution is -2.11. The number of fused-ring (bicyclic) bond motifs is 5. The van der Waals surface area contributed by atoms with E-state index in [1.165, 1.54) is 16.5 Å². The van der Waals surface area contributed by atoms with Gasteiger partial charge in [-0.15, -0.1) is 0 Å². The number of H-pyrrole nitrogens is 1. The Balaban J connectivity index is 1.78. The monoisotopic (exact) mass is 393 g/mol. The summed E-state index contributed by atoms with van der Waals surface area (Å²) < 4.78 is 0. The number of nitrogen functional groups attached to an aromatic ring is 1. The SMILES string of the molecule is Cc1ccc2[nH]c3c(c2c1)CCc1c-3nc(N)c(C#N)c1-c1ccc(N(C)C)cc1. The van der Waals surface area contributed by atoms with Crippen LogP contribution in [0.25, 0.3) is 33.4 Å². The highest BCUT2D eigenvalue weighted by Gasteiger charge is 2.27. The maximum atomic E-state index is 9.86. The number of aromatic nitrogens is 2. The number of aromatic amines is 1. The van der Waals surface area contributed by atoms with Crippen LogP contribution in [-0.4, -0.2) is 24.1 Å². The first-order chi connectivity index (χ1) is 14.5. The number of pyridine rings is 1. The van der Waals surface area contributed by atoms with Crippen molar-refractivity contribution in [3.05, 3.63) is 64.7 Å². The number of hydrogen-bond donors (Lipinski definition) is 2. The van der Waals surface area contributed by atoms with Crippen LogP contribution < -0.4 is 10.6 Å². The van der Waals surface area contributed by atoms with Gasteiger partial charge < -0.3 is 15.6 Å². The molecule has 0 fully saturated rings. The van der Waals surface area contributed by atoms with Gasteiger partial charge in [-0.05, 0) is 60.7 Å². The zero-order valence-electron chi connectivity index (χ0n) is 17.4. The molecular weight excluding hydrogens is 370 g/mol. The van der Waals surface area contributed by atoms with Crippen LogP contribution in [-0.2, 0) is 12.8 Å². The van der Waals surface area contributed by atoms with Crippen molar-refractivity contribution in [3.8, 4) is 28.6 Å². The van der Waals surface area contributed by atoms with Crippen molar-refractivity contribution in [1.82, 2.24) is 9.97 Å². The minimum Gasteiger partial charge on any atom is -0.383 e. The fourth-order valence-electron chi connectivity index (χ4n) is 4.52. The fraction of sp³-hybridized carbons (Fsp3) is 0.200. The summed E-state index contributed by atoms with van der Waals surface area (Å²) in [4.78, 5) is 10.3. The Morgan fingerprint density at radius 2 is 1.80 bits per heavy atom. The van der Waals surface area contributed by atoms with Crippen LogP contribution in [0.2, 0.25) is 0 Å². The van der Waals surface area contributed by atoms with Gasteiger partial charge in [0.05, 0.1) is 11.4 Å². The van der Waals surface area contributed by atoms with Crippen molar-refractivity contribution >= 4 is 22.4 Å². The molecule has 0 radical (unpaired) electrons. The molecule has 3 N–H and O–H groups in total. The van der Waals surface area contributed by atoms with Crippen molar-refractivity contribution in [2.45, 2.75) is 19.8 Å². The highest BCUT2D eigenvalue weighted by atomic mass is 15.1. The molecule has 4 aromatic rings. The van der Waals surface area contributed by atoms with E-state index in [-0.39, 0.29) is 5.82 Å². The Hall–Kier alpha value is -3.78. The van der Waals surface area contributed by atoms with Crippen molar-refractivity contribution in [3.63, 3.8) is 0 Å². The predicted molar refractivity (Wildman–Crippen MR) is 123 cm³/mol. The summed E-state index contributed by atoms with van der Waals surface area (Å²) in [6, 6.07) is 17.0. The van der Waals surface area contributed by atoms with Crippen molar-refractivity contribution in [2.75, 3.05) is 24.7 Å². The molecule has 0 aliphatic heterocycles. The van der Waals surface area contributed by atoms with Crippen LogP contribution in [0.15, 0.2) is 42.5 Å². The van der Waals surface area contributed by atoms with Gasteiger partial charge in [-0.3, -0.25) is 0 Å². The zero-order chi connectivity index (χ0) is 21.0. The Bertz CT molecular complexity index is 1340. The average molecular weight is 393 g/mol. The topological polar surface area (TPSA) is 81.7 Å². The fourth-order valence-corrected chi connectivity index (χ4v) is 4.52. The Labute approximate surface area is 175 Å². The molecule has 0 saturated carbocycles. The van der Waals surface area contributed by atoms with Crippen LogP contribution in [0.5, 0.6) is 0 Å². The summed E-state index contributed by atoms with van der Waals surface area (Å²) in [5.74, 6) is 0.283. The van der Waals surface area contributed by atoms with E-state index < -0.39 is 0 Å². The smallest absolute Gasteiger partial charge is 0.142 e. The molecule has 0 bridgehead atoms. The van der Waals surface area contributed by atoms with Gasteiger partial charge >= 0.3 is 0 Å². The molecule has 1 aliphatic carbocycles. The largest absolute Gasteiger partial charge is 0.383 e. The summed E-state index contributed by atoms with van der Waals surface area (Å²) >= 11 is 0. The number of nitriles is 1. The van der Waals surface area contributed by atoms with E-state index in [2.05, 4.69) is 65.3 Å². The molecule has 0 unspecified atom stereocenters. The lowest BCUT2D eigenvalue weighted by atomic mass is 9.85. The summed E-state index contributed by atoms with van der Waals surface area (Å²) in [6.45, 7) is 2.11. The summed E-state index contributed by atoms with van der Waals surface area (Å²) in [6.07, 6.45) is 1.74. The summed E-state index contributed by atoms with van der Waals surface area (Å²) in [7, 11) is 4.03. The summed E-state index contributed by atoms with van der Waals surface area (Å²) in [5, 5.41) is 11.1. The molecule has 0 spiro atoms. The third-order valence-corrected chi connectivity index (χ3v) is 6.03. The van der Waals surface area contributed by atoms with E-state index in [9.17, 15) is 5.26 Å². The highest BCUT2D eigenvalue weighted by Crippen LogP contribution is 2.43. The van der Waals surface area contributed by atoms with Crippen molar-refractivity contribution in [2.24, 2.45) is 0 Å². The first-order valence-electron chi connectivity index (χ1n) is 10.1. The van der Waals surface area contributed by atoms with Gasteiger partial charge in [-0.2, -0.15) is 5.26 Å². The van der Waals surface area contributed by atoms with Gasteiger partial charge in [0.15, 0.2) is 0 Å². The maximum absolute atomic E-state index is 9.86. The number of aryl methyl sites for hydroxylation is 2. The molecule has 5 nitrogen and oxygen atoms in total. The first-order valence-corrected chi connectivity index (χ1v) is 10.1. The molecule has 5 heteroatoms. The normalized spacial score (nSPS) is 12.3. The van der Waals surface area contributed by atoms with E-state index in [1.54, 1.807) is 0 Å². The molecule has 0 saturated heterocycles. The second-order valence-corrected chi connectivity index (χ2v) is 8.15. The van der Waals surface area contributed by atoms with Crippen LogP contribution in [0.3, 0.4) is 0 Å². The molecule has 148 valence electrons. The van der Waals surface area contributed by atoms with Crippen LogP contribution in [0.4, 0.5) is 11.5 Å². The van der Waals surface area contributed by atoms with Crippen molar-refractivity contribution in [1.29, 1.82) is 5.26 Å². The summed E-state index contributed by atoms with van der Waals surface area (Å²) in [5.41, 5.74) is 16.4. The minimum absolute atomic E-state index is 0.283. The Kier molecular flexibility index (Phi) is 4.04. The first kappa shape index (κ1) is 18.3. The van der Waals surface area contributed by atoms with Crippen LogP contribution >= 0.6 is 0 Å². The van der Waals surface area contributed by atoms with E-state index >= 15 is 0 Å². The minimum atomic E-state index is 0.283. The molecule has 1 aliphatic rings. The molecule has 2 heterocycles. The van der Waals surface area contributed by atoms with Gasteiger partial charge in [-0.25, -0.2) is 4.98 Å². The molecule has 2 aromatic carbocycles. The second kappa shape index (κ2) is 6.64. The number of rotatable bonds is 2. The molecule has 5 rings (SSSR count). The van der Waals surface area contributed by atoms with Crippen LogP contribution in [0, 0.1) is 18.3 Å². The standard InChI is InChI=1S/C25H23N5/c1-14-4-11-21-19(12-14)17-9-10-18-22(15-5-7-16(8-6-15)30(2)3)20(13-26)25(27)29-24(18)23(17)28-21/h4-8,11-12,28H,9-10H2,1-3H3,(H2,27,29). The van der Waals surface area contributed by atoms with Crippen LogP contribution in [0.1, 0.15) is 22.3 Å². The number of nitrogens with one attached hydrogen (secondary N) is 1. The Morgan fingerprint density at radius 3 is 2.50 bits per heavy atom. The zero-order valence-corrected chi connectivity index (χ0v) is 17.4. The molecular formula is C25H23N5. The van der Waals surface area contributed by atoms with Gasteiger partial charge in [0, 0.05) is 36.2 Å². The molecule has 30 heavy (non-hydrogen) atoms. The van der Waals surface area contributed by atoms with Gasteiger partial charge in [0.1, 0.15) is 17.5 Å². The highest BCUT2D eigenvalue weighted by molar-refractivity contribution is 5.94. The van der Waals surface area contributed by atoms with Gasteiger partial charge in [-0.1, -0.05) is 23.8 Å². The average Bonchev–Trinajstić information content (AvgIpc) is 3.11. The van der Waals surface area contributed by atoms with Crippen molar-refractivity contribution < 1.29 is 0 Å². The number of anilines is 2. The lowest BCUT2D eigenvalue weighted by molar-refractivity contribution is 0.934. The molecule has 2 aromatic heterocycles. The van der Waals surface area contributed by atoms with Gasteiger partial charge in [0.2, 0.25) is 0 Å².